The topological polar surface area (TPSA) is 215 Å². The average Bonchev–Trinajstić information content (AvgIpc) is 4.08. The van der Waals surface area contributed by atoms with E-state index in [1.54, 1.807) is 6.20 Å². The lowest BCUT2D eigenvalue weighted by molar-refractivity contribution is -0.141. The van der Waals surface area contributed by atoms with Crippen LogP contribution in [0.2, 0.25) is 0 Å². The summed E-state index contributed by atoms with van der Waals surface area (Å²) < 4.78 is 11.8. The van der Waals surface area contributed by atoms with Gasteiger partial charge in [0.25, 0.3) is 0 Å². The van der Waals surface area contributed by atoms with Crippen molar-refractivity contribution in [1.82, 2.24) is 40.4 Å². The van der Waals surface area contributed by atoms with Gasteiger partial charge in [-0.05, 0) is 134 Å². The summed E-state index contributed by atoms with van der Waals surface area (Å²) in [5.41, 5.74) is 6.73. The van der Waals surface area contributed by atoms with E-state index in [4.69, 9.17) is 19.4 Å². The van der Waals surface area contributed by atoms with Gasteiger partial charge >= 0.3 is 12.2 Å². The highest BCUT2D eigenvalue weighted by Crippen LogP contribution is 2.41. The Labute approximate surface area is 380 Å². The van der Waals surface area contributed by atoms with Crippen molar-refractivity contribution in [2.45, 2.75) is 160 Å². The standard InChI is InChI=1S/C49H64N8O8/c1-25-18-34(14-15-37(25)39-24-51-45(53-39)41-17-9-27(3)57(41)47(59)43(55-49(62)63)36-21-30(6)65-31(7)22-36)32-10-12-33(13-11-32)38-23-50-44(52-38)40-16-8-26(2)56(40)46(58)42(54-48(60)61)35-19-28(4)64-29(5)20-35/h10-15,18,23-24,26-31,35-36,40-43,54-55H,8-9,16-17,19-22H2,1-7H3,(H,50,52)(H,51,53)(H,60,61)(H,62,63)/t26-,27-,28+,29+,30+,31+,40-,41-,42-,43-/m0/s1. The number of carbonyl (C=O) groups is 4. The third-order valence-electron chi connectivity index (χ3n) is 14.2. The number of amides is 4. The number of aromatic nitrogens is 4. The molecule has 4 aliphatic heterocycles. The minimum Gasteiger partial charge on any atom is -0.465 e. The number of aromatic amines is 2. The Balaban J connectivity index is 0.951. The molecule has 0 unspecified atom stereocenters. The predicted molar refractivity (Wildman–Crippen MR) is 244 cm³/mol. The van der Waals surface area contributed by atoms with Gasteiger partial charge in [0, 0.05) is 17.6 Å². The molecule has 10 atom stereocenters. The second kappa shape index (κ2) is 19.0. The van der Waals surface area contributed by atoms with E-state index >= 15 is 0 Å². The van der Waals surface area contributed by atoms with Crippen LogP contribution in [0.4, 0.5) is 9.59 Å². The van der Waals surface area contributed by atoms with E-state index in [1.165, 1.54) is 0 Å². The van der Waals surface area contributed by atoms with Gasteiger partial charge in [-0.3, -0.25) is 9.59 Å². The van der Waals surface area contributed by atoms with E-state index in [9.17, 15) is 29.4 Å². The van der Waals surface area contributed by atoms with Gasteiger partial charge < -0.3 is 50.1 Å². The molecule has 2 aromatic heterocycles. The molecule has 4 amide bonds. The molecule has 4 aliphatic rings. The van der Waals surface area contributed by atoms with Crippen LogP contribution in [-0.2, 0) is 19.1 Å². The number of likely N-dealkylation sites (tertiary alicyclic amines) is 2. The van der Waals surface area contributed by atoms with Crippen molar-refractivity contribution in [3.8, 4) is 33.6 Å². The molecule has 4 aromatic rings. The lowest BCUT2D eigenvalue weighted by atomic mass is 9.85. The SMILES string of the molecule is Cc1cc(-c2ccc(-c3cnc([C@@H]4CC[C@H](C)N4C(=O)[C@@H](NC(=O)O)C4C[C@@H](C)O[C@H](C)C4)[nH]3)cc2)ccc1-c1cnc([C@@H]2CC[C@H](C)N2C(=O)[C@@H](NC(=O)O)C2C[C@@H](C)O[C@H](C)C2)[nH]1. The Morgan fingerprint density at radius 1 is 0.615 bits per heavy atom. The molecule has 6 N–H and O–H groups in total. The quantitative estimate of drug-likeness (QED) is 0.0848. The molecule has 8 rings (SSSR count). The van der Waals surface area contributed by atoms with Crippen molar-refractivity contribution in [1.29, 1.82) is 0 Å². The molecule has 0 bridgehead atoms. The molecule has 4 fully saturated rings. The number of hydrogen-bond acceptors (Lipinski definition) is 8. The zero-order chi connectivity index (χ0) is 46.3. The van der Waals surface area contributed by atoms with Gasteiger partial charge in [-0.15, -0.1) is 0 Å². The first-order chi connectivity index (χ1) is 31.0. The number of aryl methyl sites for hydroxylation is 1. The zero-order valence-electron chi connectivity index (χ0n) is 38.4. The molecule has 4 saturated heterocycles. The van der Waals surface area contributed by atoms with Crippen LogP contribution in [0.1, 0.15) is 122 Å². The Kier molecular flexibility index (Phi) is 13.4. The van der Waals surface area contributed by atoms with E-state index in [0.29, 0.717) is 43.8 Å². The van der Waals surface area contributed by atoms with Crippen LogP contribution in [0.3, 0.4) is 0 Å². The minimum absolute atomic E-state index is 0.0681. The van der Waals surface area contributed by atoms with Gasteiger partial charge in [-0.2, -0.15) is 0 Å². The molecule has 65 heavy (non-hydrogen) atoms. The molecule has 16 heteroatoms. The summed E-state index contributed by atoms with van der Waals surface area (Å²) in [6.07, 6.45) is 6.30. The number of imidazole rings is 2. The van der Waals surface area contributed by atoms with Gasteiger partial charge in [-0.1, -0.05) is 42.5 Å². The first kappa shape index (κ1) is 45.8. The number of nitrogens with zero attached hydrogens (tertiary/aromatic N) is 4. The highest BCUT2D eigenvalue weighted by Gasteiger charge is 2.46. The summed E-state index contributed by atoms with van der Waals surface area (Å²) in [5, 5.41) is 24.7. The summed E-state index contributed by atoms with van der Waals surface area (Å²) in [6.45, 7) is 13.9. The van der Waals surface area contributed by atoms with E-state index < -0.39 is 24.3 Å². The van der Waals surface area contributed by atoms with E-state index in [-0.39, 0.29) is 72.2 Å². The van der Waals surface area contributed by atoms with Crippen molar-refractivity contribution in [2.24, 2.45) is 11.8 Å². The van der Waals surface area contributed by atoms with Crippen molar-refractivity contribution >= 4 is 24.0 Å². The van der Waals surface area contributed by atoms with E-state index in [0.717, 1.165) is 58.5 Å². The normalized spacial score (nSPS) is 29.0. The van der Waals surface area contributed by atoms with Gasteiger partial charge in [0.15, 0.2) is 0 Å². The minimum atomic E-state index is -1.21. The molecule has 0 saturated carbocycles. The highest BCUT2D eigenvalue weighted by molar-refractivity contribution is 5.87. The molecular weight excluding hydrogens is 829 g/mol. The van der Waals surface area contributed by atoms with Gasteiger partial charge in [0.1, 0.15) is 23.7 Å². The molecule has 2 aromatic carbocycles. The molecule has 0 aliphatic carbocycles. The number of rotatable bonds is 11. The number of nitrogens with one attached hydrogen (secondary N) is 4. The fraction of sp³-hybridized carbons (Fsp3) is 0.551. The Morgan fingerprint density at radius 2 is 1.03 bits per heavy atom. The molecule has 6 heterocycles. The second-order valence-corrected chi connectivity index (χ2v) is 19.2. The third-order valence-corrected chi connectivity index (χ3v) is 14.2. The fourth-order valence-electron chi connectivity index (χ4n) is 11.3. The van der Waals surface area contributed by atoms with Crippen LogP contribution < -0.4 is 10.6 Å². The fourth-order valence-corrected chi connectivity index (χ4v) is 11.3. The maximum Gasteiger partial charge on any atom is 0.405 e. The van der Waals surface area contributed by atoms with Gasteiger partial charge in [0.2, 0.25) is 11.8 Å². The lowest BCUT2D eigenvalue weighted by Crippen LogP contribution is -2.55. The first-order valence-electron chi connectivity index (χ1n) is 23.3. The Bertz CT molecular complexity index is 2340. The van der Waals surface area contributed by atoms with Crippen LogP contribution in [0.25, 0.3) is 33.6 Å². The van der Waals surface area contributed by atoms with Crippen molar-refractivity contribution in [3.05, 3.63) is 72.1 Å². The maximum atomic E-state index is 14.3. The van der Waals surface area contributed by atoms with Crippen molar-refractivity contribution < 1.29 is 38.9 Å². The third kappa shape index (κ3) is 9.79. The van der Waals surface area contributed by atoms with Crippen LogP contribution in [0.15, 0.2) is 54.9 Å². The summed E-state index contributed by atoms with van der Waals surface area (Å²) in [7, 11) is 0. The average molecular weight is 893 g/mol. The monoisotopic (exact) mass is 892 g/mol. The molecule has 0 spiro atoms. The van der Waals surface area contributed by atoms with Crippen LogP contribution in [0.5, 0.6) is 0 Å². The number of ether oxygens (including phenoxy) is 2. The van der Waals surface area contributed by atoms with Gasteiger partial charge in [0.05, 0.1) is 60.3 Å². The Morgan fingerprint density at radius 3 is 1.48 bits per heavy atom. The molecule has 16 nitrogen and oxygen atoms in total. The van der Waals surface area contributed by atoms with Crippen LogP contribution in [-0.4, -0.2) is 113 Å². The number of benzene rings is 2. The number of hydrogen-bond donors (Lipinski definition) is 6. The first-order valence-corrected chi connectivity index (χ1v) is 23.3. The van der Waals surface area contributed by atoms with Crippen molar-refractivity contribution in [2.75, 3.05) is 0 Å². The molecule has 0 radical (unpaired) electrons. The highest BCUT2D eigenvalue weighted by atomic mass is 16.5. The molecule has 348 valence electrons. The number of H-pyrrole nitrogens is 2. The lowest BCUT2D eigenvalue weighted by Gasteiger charge is -2.39. The van der Waals surface area contributed by atoms with E-state index in [1.807, 2.05) is 69.7 Å². The predicted octanol–water partition coefficient (Wildman–Crippen LogP) is 8.23. The second-order valence-electron chi connectivity index (χ2n) is 19.2. The van der Waals surface area contributed by atoms with Crippen molar-refractivity contribution in [3.63, 3.8) is 0 Å². The zero-order valence-corrected chi connectivity index (χ0v) is 38.4. The summed E-state index contributed by atoms with van der Waals surface area (Å²) in [4.78, 5) is 72.6. The smallest absolute Gasteiger partial charge is 0.405 e. The summed E-state index contributed by atoms with van der Waals surface area (Å²) in [5.74, 6) is 0.574. The Hall–Kier alpha value is -5.74. The largest absolute Gasteiger partial charge is 0.465 e. The van der Waals surface area contributed by atoms with Crippen LogP contribution >= 0.6 is 0 Å². The number of carboxylic acid groups (broad SMARTS) is 2. The van der Waals surface area contributed by atoms with E-state index in [2.05, 4.69) is 57.9 Å². The number of carbonyl (C=O) groups excluding carboxylic acids is 2. The summed E-state index contributed by atoms with van der Waals surface area (Å²) in [6, 6.07) is 12.0. The van der Waals surface area contributed by atoms with Crippen LogP contribution in [0, 0.1) is 18.8 Å². The maximum absolute atomic E-state index is 14.3. The summed E-state index contributed by atoms with van der Waals surface area (Å²) >= 11 is 0. The van der Waals surface area contributed by atoms with Gasteiger partial charge in [-0.25, -0.2) is 19.6 Å². The molecular formula is C49H64N8O8.